The smallest absolute Gasteiger partial charge is 0.141 e. The Morgan fingerprint density at radius 2 is 2.27 bits per heavy atom. The fourth-order valence-corrected chi connectivity index (χ4v) is 2.17. The lowest BCUT2D eigenvalue weighted by molar-refractivity contribution is 0.628. The summed E-state index contributed by atoms with van der Waals surface area (Å²) in [7, 11) is 0. The summed E-state index contributed by atoms with van der Waals surface area (Å²) in [5.41, 5.74) is 7.09. The minimum absolute atomic E-state index is 0.108. The van der Waals surface area contributed by atoms with Crippen LogP contribution < -0.4 is 5.73 Å². The van der Waals surface area contributed by atoms with Crippen LogP contribution in [0.4, 0.5) is 4.39 Å². The second-order valence-corrected chi connectivity index (χ2v) is 4.24. The molecular formula is C10H8ClFN2S. The third-order valence-corrected chi connectivity index (χ3v) is 3.16. The summed E-state index contributed by atoms with van der Waals surface area (Å²) < 4.78 is 12.9. The molecule has 1 aromatic carbocycles. The van der Waals surface area contributed by atoms with E-state index in [0.29, 0.717) is 6.54 Å². The van der Waals surface area contributed by atoms with Crippen molar-refractivity contribution in [2.45, 2.75) is 6.54 Å². The highest BCUT2D eigenvalue weighted by atomic mass is 35.5. The molecule has 0 aliphatic carbocycles. The van der Waals surface area contributed by atoms with Crippen molar-refractivity contribution < 1.29 is 4.39 Å². The zero-order valence-corrected chi connectivity index (χ0v) is 9.28. The summed E-state index contributed by atoms with van der Waals surface area (Å²) in [6, 6.07) is 4.55. The van der Waals surface area contributed by atoms with Gasteiger partial charge in [-0.25, -0.2) is 9.37 Å². The molecule has 0 unspecified atom stereocenters. The molecule has 2 rings (SSSR count). The molecule has 0 amide bonds. The van der Waals surface area contributed by atoms with Gasteiger partial charge >= 0.3 is 0 Å². The van der Waals surface area contributed by atoms with E-state index in [4.69, 9.17) is 17.3 Å². The number of hydrogen-bond acceptors (Lipinski definition) is 3. The van der Waals surface area contributed by atoms with Crippen LogP contribution >= 0.6 is 22.9 Å². The lowest BCUT2D eigenvalue weighted by Crippen LogP contribution is -1.95. The molecule has 5 heteroatoms. The van der Waals surface area contributed by atoms with Gasteiger partial charge in [0.25, 0.3) is 0 Å². The molecule has 1 aromatic heterocycles. The zero-order chi connectivity index (χ0) is 10.8. The first-order valence-corrected chi connectivity index (χ1v) is 5.56. The van der Waals surface area contributed by atoms with Crippen molar-refractivity contribution in [3.05, 3.63) is 40.1 Å². The predicted molar refractivity (Wildman–Crippen MR) is 60.4 cm³/mol. The van der Waals surface area contributed by atoms with Gasteiger partial charge in [0, 0.05) is 17.5 Å². The first-order chi connectivity index (χ1) is 7.20. The minimum Gasteiger partial charge on any atom is -0.325 e. The maximum Gasteiger partial charge on any atom is 0.141 e. The number of benzene rings is 1. The number of nitrogens with two attached hydrogens (primary N) is 1. The molecule has 0 radical (unpaired) electrons. The molecule has 0 bridgehead atoms. The Morgan fingerprint density at radius 1 is 1.47 bits per heavy atom. The summed E-state index contributed by atoms with van der Waals surface area (Å²) in [6.45, 7) is 0.408. The number of hydrogen-bond donors (Lipinski definition) is 1. The van der Waals surface area contributed by atoms with E-state index >= 15 is 0 Å². The third kappa shape index (κ3) is 2.17. The molecule has 78 valence electrons. The van der Waals surface area contributed by atoms with Crippen LogP contribution in [0.5, 0.6) is 0 Å². The number of thiazole rings is 1. The quantitative estimate of drug-likeness (QED) is 0.879. The summed E-state index contributed by atoms with van der Waals surface area (Å²) in [6.07, 6.45) is 0. The monoisotopic (exact) mass is 242 g/mol. The van der Waals surface area contributed by atoms with E-state index < -0.39 is 5.82 Å². The van der Waals surface area contributed by atoms with Gasteiger partial charge in [-0.05, 0) is 18.2 Å². The van der Waals surface area contributed by atoms with E-state index in [1.165, 1.54) is 17.4 Å². The second-order valence-electron chi connectivity index (χ2n) is 2.98. The number of halogens is 2. The molecule has 1 heterocycles. The Balaban J connectivity index is 2.40. The summed E-state index contributed by atoms with van der Waals surface area (Å²) in [4.78, 5) is 4.28. The Bertz CT molecular complexity index is 484. The largest absolute Gasteiger partial charge is 0.325 e. The van der Waals surface area contributed by atoms with Gasteiger partial charge in [-0.3, -0.25) is 0 Å². The molecule has 0 aliphatic heterocycles. The summed E-state index contributed by atoms with van der Waals surface area (Å²) >= 11 is 7.15. The van der Waals surface area contributed by atoms with E-state index in [0.717, 1.165) is 16.3 Å². The molecular weight excluding hydrogens is 235 g/mol. The highest BCUT2D eigenvalue weighted by molar-refractivity contribution is 7.13. The average molecular weight is 243 g/mol. The lowest BCUT2D eigenvalue weighted by Gasteiger charge is -1.98. The van der Waals surface area contributed by atoms with Crippen LogP contribution in [0.15, 0.2) is 23.6 Å². The topological polar surface area (TPSA) is 38.9 Å². The highest BCUT2D eigenvalue weighted by Gasteiger charge is 2.06. The van der Waals surface area contributed by atoms with Gasteiger partial charge in [0.05, 0.1) is 10.7 Å². The third-order valence-electron chi connectivity index (χ3n) is 1.93. The average Bonchev–Trinajstić information content (AvgIpc) is 2.70. The molecule has 2 N–H and O–H groups in total. The minimum atomic E-state index is -0.420. The molecule has 0 fully saturated rings. The van der Waals surface area contributed by atoms with Gasteiger partial charge in [0.1, 0.15) is 10.8 Å². The molecule has 2 aromatic rings. The highest BCUT2D eigenvalue weighted by Crippen LogP contribution is 2.27. The van der Waals surface area contributed by atoms with Gasteiger partial charge in [0.2, 0.25) is 0 Å². The fraction of sp³-hybridized carbons (Fsp3) is 0.100. The van der Waals surface area contributed by atoms with Crippen LogP contribution in [-0.4, -0.2) is 4.98 Å². The van der Waals surface area contributed by atoms with Gasteiger partial charge in [0.15, 0.2) is 0 Å². The van der Waals surface area contributed by atoms with Crippen LogP contribution in [0, 0.1) is 5.82 Å². The normalized spacial score (nSPS) is 10.6. The second kappa shape index (κ2) is 4.26. The number of aromatic nitrogens is 1. The zero-order valence-electron chi connectivity index (χ0n) is 7.71. The first-order valence-electron chi connectivity index (χ1n) is 4.30. The Kier molecular flexibility index (Phi) is 3.00. The summed E-state index contributed by atoms with van der Waals surface area (Å²) in [5, 5.41) is 2.79. The van der Waals surface area contributed by atoms with Crippen LogP contribution in [0.25, 0.3) is 10.6 Å². The van der Waals surface area contributed by atoms with E-state index in [-0.39, 0.29) is 5.02 Å². The van der Waals surface area contributed by atoms with Crippen molar-refractivity contribution >= 4 is 22.9 Å². The van der Waals surface area contributed by atoms with E-state index in [2.05, 4.69) is 4.98 Å². The maximum atomic E-state index is 12.9. The van der Waals surface area contributed by atoms with Crippen LogP contribution in [-0.2, 0) is 6.54 Å². The van der Waals surface area contributed by atoms with Crippen molar-refractivity contribution in [2.75, 3.05) is 0 Å². The number of rotatable bonds is 2. The van der Waals surface area contributed by atoms with Gasteiger partial charge in [-0.2, -0.15) is 0 Å². The molecule has 0 atom stereocenters. The van der Waals surface area contributed by atoms with Crippen molar-refractivity contribution in [3.8, 4) is 10.6 Å². The van der Waals surface area contributed by atoms with Crippen molar-refractivity contribution in [2.24, 2.45) is 5.73 Å². The van der Waals surface area contributed by atoms with E-state index in [9.17, 15) is 4.39 Å². The predicted octanol–water partition coefficient (Wildman–Crippen LogP) is 3.06. The Hall–Kier alpha value is -0.970. The molecule has 2 nitrogen and oxygen atoms in total. The lowest BCUT2D eigenvalue weighted by atomic mass is 10.2. The van der Waals surface area contributed by atoms with Crippen LogP contribution in [0.1, 0.15) is 5.69 Å². The number of nitrogens with zero attached hydrogens (tertiary/aromatic N) is 1. The van der Waals surface area contributed by atoms with Gasteiger partial charge in [-0.1, -0.05) is 11.6 Å². The van der Waals surface area contributed by atoms with E-state index in [1.807, 2.05) is 5.38 Å². The van der Waals surface area contributed by atoms with Crippen molar-refractivity contribution in [3.63, 3.8) is 0 Å². The van der Waals surface area contributed by atoms with Crippen LogP contribution in [0.3, 0.4) is 0 Å². The Labute approximate surface area is 95.5 Å². The molecule has 0 saturated carbocycles. The maximum absolute atomic E-state index is 12.9. The SMILES string of the molecule is NCc1csc(-c2ccc(F)c(Cl)c2)n1. The molecule has 0 aliphatic rings. The van der Waals surface area contributed by atoms with Crippen molar-refractivity contribution in [1.29, 1.82) is 0 Å². The van der Waals surface area contributed by atoms with Crippen LogP contribution in [0.2, 0.25) is 5.02 Å². The summed E-state index contributed by atoms with van der Waals surface area (Å²) in [5.74, 6) is -0.420. The van der Waals surface area contributed by atoms with Gasteiger partial charge < -0.3 is 5.73 Å². The van der Waals surface area contributed by atoms with E-state index in [1.54, 1.807) is 12.1 Å². The standard InChI is InChI=1S/C10H8ClFN2S/c11-8-3-6(1-2-9(8)12)10-14-7(4-13)5-15-10/h1-3,5H,4,13H2. The molecule has 0 saturated heterocycles. The van der Waals surface area contributed by atoms with Gasteiger partial charge in [-0.15, -0.1) is 11.3 Å². The first kappa shape index (κ1) is 10.5. The molecule has 15 heavy (non-hydrogen) atoms. The van der Waals surface area contributed by atoms with Crippen molar-refractivity contribution in [1.82, 2.24) is 4.98 Å². The Morgan fingerprint density at radius 3 is 2.87 bits per heavy atom. The molecule has 0 spiro atoms. The fourth-order valence-electron chi connectivity index (χ4n) is 1.16.